The average molecular weight is 400 g/mol. The van der Waals surface area contributed by atoms with E-state index >= 15 is 0 Å². The third kappa shape index (κ3) is 5.29. The molecule has 1 saturated carbocycles. The number of ether oxygens (including phenoxy) is 1. The van der Waals surface area contributed by atoms with Crippen molar-refractivity contribution in [1.82, 2.24) is 5.32 Å². The first-order chi connectivity index (χ1) is 13.5. The molecule has 1 atom stereocenters. The molecule has 6 heteroatoms. The molecule has 0 heterocycles. The number of carboxylic acid groups (broad SMARTS) is 1. The molecule has 148 valence electrons. The van der Waals surface area contributed by atoms with Gasteiger partial charge in [-0.15, -0.1) is 11.8 Å². The lowest BCUT2D eigenvalue weighted by molar-refractivity contribution is -0.136. The van der Waals surface area contributed by atoms with Crippen LogP contribution in [-0.4, -0.2) is 28.3 Å². The highest BCUT2D eigenvalue weighted by atomic mass is 32.2. The Balaban J connectivity index is 1.67. The fourth-order valence-corrected chi connectivity index (χ4v) is 4.15. The predicted octanol–water partition coefficient (Wildman–Crippen LogP) is 4.50. The Labute approximate surface area is 169 Å². The van der Waals surface area contributed by atoms with Gasteiger partial charge in [-0.2, -0.15) is 0 Å². The minimum atomic E-state index is -0.904. The van der Waals surface area contributed by atoms with Crippen molar-refractivity contribution in [3.63, 3.8) is 0 Å². The monoisotopic (exact) mass is 399 g/mol. The lowest BCUT2D eigenvalue weighted by Crippen LogP contribution is -2.24. The van der Waals surface area contributed by atoms with Gasteiger partial charge < -0.3 is 15.2 Å². The molecule has 3 rings (SSSR count). The zero-order valence-corrected chi connectivity index (χ0v) is 16.7. The number of aliphatic carboxylic acids is 1. The summed E-state index contributed by atoms with van der Waals surface area (Å²) in [6.07, 6.45) is 4.81. The molecule has 28 heavy (non-hydrogen) atoms. The number of hydrogen-bond donors (Lipinski definition) is 2. The lowest BCUT2D eigenvalue weighted by Gasteiger charge is -2.17. The minimum Gasteiger partial charge on any atom is -0.490 e. The fraction of sp³-hybridized carbons (Fsp3) is 0.364. The van der Waals surface area contributed by atoms with E-state index in [1.807, 2.05) is 24.3 Å². The maximum absolute atomic E-state index is 12.7. The smallest absolute Gasteiger partial charge is 0.316 e. The van der Waals surface area contributed by atoms with Gasteiger partial charge >= 0.3 is 5.97 Å². The number of carboxylic acids is 1. The summed E-state index contributed by atoms with van der Waals surface area (Å²) in [5.41, 5.74) is 1.42. The van der Waals surface area contributed by atoms with Crippen LogP contribution in [0.5, 0.6) is 5.75 Å². The van der Waals surface area contributed by atoms with Crippen LogP contribution < -0.4 is 10.1 Å². The normalized spacial score (nSPS) is 15.2. The molecule has 2 N–H and O–H groups in total. The molecule has 2 aromatic rings. The molecule has 0 aliphatic heterocycles. The summed E-state index contributed by atoms with van der Waals surface area (Å²) in [4.78, 5) is 24.5. The molecule has 1 amide bonds. The molecule has 0 bridgehead atoms. The molecule has 0 spiro atoms. The number of amides is 1. The van der Waals surface area contributed by atoms with Crippen LogP contribution >= 0.6 is 11.8 Å². The van der Waals surface area contributed by atoms with Crippen LogP contribution in [0.3, 0.4) is 0 Å². The number of carbonyl (C=O) groups excluding carboxylic acids is 1. The summed E-state index contributed by atoms with van der Waals surface area (Å²) in [6.45, 7) is 1.97. The van der Waals surface area contributed by atoms with Crippen LogP contribution in [0.15, 0.2) is 53.4 Å². The molecular weight excluding hydrogens is 374 g/mol. The maximum Gasteiger partial charge on any atom is 0.316 e. The molecule has 1 fully saturated rings. The number of thioether (sulfide) groups is 1. The highest BCUT2D eigenvalue weighted by Gasteiger charge is 2.19. The highest BCUT2D eigenvalue weighted by molar-refractivity contribution is 8.00. The summed E-state index contributed by atoms with van der Waals surface area (Å²) < 4.78 is 6.13. The molecule has 0 saturated heterocycles. The average Bonchev–Trinajstić information content (AvgIpc) is 3.20. The third-order valence-electron chi connectivity index (χ3n) is 4.79. The van der Waals surface area contributed by atoms with Gasteiger partial charge in [-0.05, 0) is 50.8 Å². The number of carbonyl (C=O) groups is 2. The van der Waals surface area contributed by atoms with Crippen molar-refractivity contribution < 1.29 is 19.4 Å². The zero-order chi connectivity index (χ0) is 19.9. The Bertz CT molecular complexity index is 833. The van der Waals surface area contributed by atoms with E-state index in [1.165, 1.54) is 24.6 Å². The van der Waals surface area contributed by atoms with Gasteiger partial charge in [0.25, 0.3) is 5.91 Å². The second-order valence-electron chi connectivity index (χ2n) is 6.91. The van der Waals surface area contributed by atoms with Crippen molar-refractivity contribution >= 4 is 23.6 Å². The lowest BCUT2D eigenvalue weighted by atomic mass is 10.1. The van der Waals surface area contributed by atoms with E-state index in [-0.39, 0.29) is 12.0 Å². The predicted molar refractivity (Wildman–Crippen MR) is 110 cm³/mol. The van der Waals surface area contributed by atoms with E-state index in [0.717, 1.165) is 24.2 Å². The Hall–Kier alpha value is -2.47. The summed E-state index contributed by atoms with van der Waals surface area (Å²) in [6, 6.07) is 14.8. The summed E-state index contributed by atoms with van der Waals surface area (Å²) in [5, 5.41) is 11.5. The van der Waals surface area contributed by atoms with Gasteiger partial charge in [0.05, 0.1) is 11.7 Å². The maximum atomic E-state index is 12.7. The van der Waals surface area contributed by atoms with Crippen molar-refractivity contribution in [1.29, 1.82) is 0 Å². The van der Waals surface area contributed by atoms with Crippen LogP contribution in [0.25, 0.3) is 0 Å². The topological polar surface area (TPSA) is 75.6 Å². The summed E-state index contributed by atoms with van der Waals surface area (Å²) >= 11 is 1.17. The van der Waals surface area contributed by atoms with E-state index in [4.69, 9.17) is 9.84 Å². The van der Waals surface area contributed by atoms with Crippen molar-refractivity contribution in [2.24, 2.45) is 0 Å². The summed E-state index contributed by atoms with van der Waals surface area (Å²) in [7, 11) is 0. The first-order valence-electron chi connectivity index (χ1n) is 9.56. The Kier molecular flexibility index (Phi) is 6.98. The number of benzene rings is 2. The second-order valence-corrected chi connectivity index (χ2v) is 8.29. The van der Waals surface area contributed by atoms with Crippen molar-refractivity contribution in [2.45, 2.75) is 55.4 Å². The van der Waals surface area contributed by atoms with Crippen LogP contribution in [0, 0.1) is 0 Å². The van der Waals surface area contributed by atoms with E-state index in [2.05, 4.69) is 5.32 Å². The first-order valence-corrected chi connectivity index (χ1v) is 10.4. The van der Waals surface area contributed by atoms with Gasteiger partial charge in [0.2, 0.25) is 0 Å². The summed E-state index contributed by atoms with van der Waals surface area (Å²) in [5.74, 6) is -0.314. The van der Waals surface area contributed by atoms with Crippen LogP contribution in [0.2, 0.25) is 0 Å². The molecule has 0 aromatic heterocycles. The van der Waals surface area contributed by atoms with Gasteiger partial charge in [0.15, 0.2) is 0 Å². The second kappa shape index (κ2) is 9.64. The van der Waals surface area contributed by atoms with Crippen molar-refractivity contribution in [2.75, 3.05) is 0 Å². The van der Waals surface area contributed by atoms with Crippen molar-refractivity contribution in [3.8, 4) is 5.75 Å². The quantitative estimate of drug-likeness (QED) is 0.639. The van der Waals surface area contributed by atoms with Gasteiger partial charge in [-0.3, -0.25) is 9.59 Å². The van der Waals surface area contributed by atoms with E-state index in [1.54, 1.807) is 31.2 Å². The molecular formula is C22H25NO4S. The number of hydrogen-bond acceptors (Lipinski definition) is 4. The van der Waals surface area contributed by atoms with Crippen LogP contribution in [0.4, 0.5) is 0 Å². The number of para-hydroxylation sites is 1. The first kappa shape index (κ1) is 20.3. The van der Waals surface area contributed by atoms with E-state index in [9.17, 15) is 9.59 Å². The Morgan fingerprint density at radius 1 is 1.14 bits per heavy atom. The largest absolute Gasteiger partial charge is 0.490 e. The Morgan fingerprint density at radius 2 is 1.82 bits per heavy atom. The number of rotatable bonds is 8. The molecule has 1 aliphatic rings. The Morgan fingerprint density at radius 3 is 2.57 bits per heavy atom. The molecule has 1 aliphatic carbocycles. The molecule has 1 unspecified atom stereocenters. The highest BCUT2D eigenvalue weighted by Crippen LogP contribution is 2.28. The van der Waals surface area contributed by atoms with Gasteiger partial charge in [-0.1, -0.05) is 30.3 Å². The molecule has 2 aromatic carbocycles. The fourth-order valence-electron chi connectivity index (χ4n) is 3.22. The third-order valence-corrected chi connectivity index (χ3v) is 5.96. The molecule has 5 nitrogen and oxygen atoms in total. The standard InChI is InChI=1S/C22H25NO4S/c1-15(22(25)26)28-20-13-7-5-11-18(20)21(24)23-14-16-8-2-6-12-19(16)27-17-9-3-4-10-17/h2,5-8,11-13,15,17H,3-4,9-10,14H2,1H3,(H,23,24)(H,25,26). The van der Waals surface area contributed by atoms with Gasteiger partial charge in [0.1, 0.15) is 11.0 Å². The van der Waals surface area contributed by atoms with Gasteiger partial charge in [-0.25, -0.2) is 0 Å². The van der Waals surface area contributed by atoms with E-state index in [0.29, 0.717) is 17.0 Å². The SMILES string of the molecule is CC(Sc1ccccc1C(=O)NCc1ccccc1OC1CCCC1)C(=O)O. The van der Waals surface area contributed by atoms with Crippen LogP contribution in [-0.2, 0) is 11.3 Å². The van der Waals surface area contributed by atoms with E-state index < -0.39 is 11.2 Å². The molecule has 0 radical (unpaired) electrons. The minimum absolute atomic E-state index is 0.226. The number of nitrogens with one attached hydrogen (secondary N) is 1. The van der Waals surface area contributed by atoms with Crippen LogP contribution in [0.1, 0.15) is 48.5 Å². The van der Waals surface area contributed by atoms with Gasteiger partial charge in [0, 0.05) is 17.0 Å². The zero-order valence-electron chi connectivity index (χ0n) is 15.9. The van der Waals surface area contributed by atoms with Crippen molar-refractivity contribution in [3.05, 3.63) is 59.7 Å².